The molecular formula is C22H27N3O4. The number of nitro groups is 1. The van der Waals surface area contributed by atoms with E-state index in [1.165, 1.54) is 30.9 Å². The number of hydrogen-bond acceptors (Lipinski definition) is 5. The number of carbonyl (C=O) groups is 1. The number of carbonyl (C=O) groups excluding carboxylic acids is 1. The predicted octanol–water partition coefficient (Wildman–Crippen LogP) is 4.20. The van der Waals surface area contributed by atoms with E-state index in [4.69, 9.17) is 4.74 Å². The van der Waals surface area contributed by atoms with Gasteiger partial charge in [-0.05, 0) is 50.3 Å². The number of nitrogens with zero attached hydrogens (tertiary/aromatic N) is 2. The Bertz CT molecular complexity index is 848. The third kappa shape index (κ3) is 5.32. The number of ether oxygens (including phenoxy) is 1. The van der Waals surface area contributed by atoms with E-state index in [-0.39, 0.29) is 23.9 Å². The highest BCUT2D eigenvalue weighted by atomic mass is 16.6. The topological polar surface area (TPSA) is 84.7 Å². The average Bonchev–Trinajstić information content (AvgIpc) is 2.74. The Morgan fingerprint density at radius 3 is 2.48 bits per heavy atom. The fourth-order valence-electron chi connectivity index (χ4n) is 4.02. The van der Waals surface area contributed by atoms with E-state index >= 15 is 0 Å². The molecule has 1 aliphatic rings. The number of rotatable bonds is 7. The summed E-state index contributed by atoms with van der Waals surface area (Å²) in [6.07, 6.45) is 4.36. The van der Waals surface area contributed by atoms with Crippen LogP contribution in [0.5, 0.6) is 5.75 Å². The second kappa shape index (κ2) is 9.52. The first kappa shape index (κ1) is 20.8. The second-order valence-electron chi connectivity index (χ2n) is 7.52. The molecule has 7 nitrogen and oxygen atoms in total. The molecule has 29 heavy (non-hydrogen) atoms. The Morgan fingerprint density at radius 2 is 1.86 bits per heavy atom. The van der Waals surface area contributed by atoms with Crippen molar-refractivity contribution in [3.63, 3.8) is 0 Å². The van der Waals surface area contributed by atoms with Crippen LogP contribution in [0.4, 0.5) is 11.4 Å². The van der Waals surface area contributed by atoms with Gasteiger partial charge >= 0.3 is 0 Å². The summed E-state index contributed by atoms with van der Waals surface area (Å²) in [6.45, 7) is 0.265. The van der Waals surface area contributed by atoms with Crippen LogP contribution >= 0.6 is 0 Å². The van der Waals surface area contributed by atoms with Crippen molar-refractivity contribution in [1.82, 2.24) is 4.90 Å². The van der Waals surface area contributed by atoms with Gasteiger partial charge in [0.1, 0.15) is 5.75 Å². The van der Waals surface area contributed by atoms with Crippen molar-refractivity contribution in [3.8, 4) is 5.75 Å². The van der Waals surface area contributed by atoms with Crippen molar-refractivity contribution in [3.05, 3.63) is 64.2 Å². The van der Waals surface area contributed by atoms with E-state index in [0.29, 0.717) is 17.6 Å². The number of nitrogens with one attached hydrogen (secondary N) is 1. The van der Waals surface area contributed by atoms with E-state index in [1.807, 2.05) is 13.1 Å². The van der Waals surface area contributed by atoms with Crippen LogP contribution in [0.15, 0.2) is 48.5 Å². The van der Waals surface area contributed by atoms with E-state index in [9.17, 15) is 14.9 Å². The molecule has 7 heteroatoms. The van der Waals surface area contributed by atoms with Crippen molar-refractivity contribution >= 4 is 17.3 Å². The van der Waals surface area contributed by atoms with Gasteiger partial charge in [-0.2, -0.15) is 0 Å². The summed E-state index contributed by atoms with van der Waals surface area (Å²) < 4.78 is 5.18. The zero-order chi connectivity index (χ0) is 20.8. The predicted molar refractivity (Wildman–Crippen MR) is 112 cm³/mol. The van der Waals surface area contributed by atoms with E-state index in [0.717, 1.165) is 25.7 Å². The Kier molecular flexibility index (Phi) is 6.82. The Labute approximate surface area is 170 Å². The van der Waals surface area contributed by atoms with E-state index in [1.54, 1.807) is 0 Å². The van der Waals surface area contributed by atoms with Crippen molar-refractivity contribution < 1.29 is 14.5 Å². The smallest absolute Gasteiger partial charge is 0.273 e. The maximum absolute atomic E-state index is 12.5. The second-order valence-corrected chi connectivity index (χ2v) is 7.52. The summed E-state index contributed by atoms with van der Waals surface area (Å²) >= 11 is 0. The summed E-state index contributed by atoms with van der Waals surface area (Å²) in [6, 6.07) is 15.1. The maximum Gasteiger partial charge on any atom is 0.273 e. The Morgan fingerprint density at radius 1 is 1.17 bits per heavy atom. The van der Waals surface area contributed by atoms with Gasteiger partial charge in [0, 0.05) is 12.1 Å². The van der Waals surface area contributed by atoms with Crippen molar-refractivity contribution in [1.29, 1.82) is 0 Å². The van der Waals surface area contributed by atoms with Crippen molar-refractivity contribution in [2.45, 2.75) is 37.6 Å². The minimum atomic E-state index is -0.492. The highest BCUT2D eigenvalue weighted by molar-refractivity contribution is 5.93. The molecule has 2 aromatic rings. The molecule has 154 valence electrons. The lowest BCUT2D eigenvalue weighted by molar-refractivity contribution is -0.384. The number of likely N-dealkylation sites (N-methyl/N-ethyl adjacent to an activating group) is 1. The standard InChI is InChI=1S/C22H27N3O4/c1-24(18-10-8-17(9-11-18)16-6-4-3-5-7-16)15-22(26)23-20-13-12-19(25(27)28)14-21(20)29-2/h3-7,12-14,17-18H,8-11,15H2,1-2H3,(H,23,26). The minimum Gasteiger partial charge on any atom is -0.494 e. The van der Waals surface area contributed by atoms with Gasteiger partial charge in [0.15, 0.2) is 0 Å². The fourth-order valence-corrected chi connectivity index (χ4v) is 4.02. The molecular weight excluding hydrogens is 370 g/mol. The monoisotopic (exact) mass is 397 g/mol. The number of amides is 1. The molecule has 2 aromatic carbocycles. The highest BCUT2D eigenvalue weighted by Crippen LogP contribution is 2.34. The first-order valence-electron chi connectivity index (χ1n) is 9.85. The van der Waals surface area contributed by atoms with Gasteiger partial charge in [-0.1, -0.05) is 30.3 Å². The number of benzene rings is 2. The van der Waals surface area contributed by atoms with Crippen LogP contribution in [0.2, 0.25) is 0 Å². The van der Waals surface area contributed by atoms with Crippen LogP contribution in [0, 0.1) is 10.1 Å². The largest absolute Gasteiger partial charge is 0.494 e. The number of hydrogen-bond donors (Lipinski definition) is 1. The molecule has 0 radical (unpaired) electrons. The van der Waals surface area contributed by atoms with Crippen LogP contribution in [0.1, 0.15) is 37.2 Å². The fraction of sp³-hybridized carbons (Fsp3) is 0.409. The van der Waals surface area contributed by atoms with Crippen LogP contribution in [-0.2, 0) is 4.79 Å². The zero-order valence-corrected chi connectivity index (χ0v) is 16.8. The molecule has 0 saturated heterocycles. The molecule has 0 aliphatic heterocycles. The summed E-state index contributed by atoms with van der Waals surface area (Å²) in [7, 11) is 3.40. The summed E-state index contributed by atoms with van der Waals surface area (Å²) in [5, 5.41) is 13.7. The SMILES string of the molecule is COc1cc([N+](=O)[O-])ccc1NC(=O)CN(C)C1CCC(c2ccccc2)CC1. The van der Waals surface area contributed by atoms with Gasteiger partial charge in [0.25, 0.3) is 5.69 Å². The lowest BCUT2D eigenvalue weighted by Gasteiger charge is -2.34. The molecule has 1 saturated carbocycles. The Hall–Kier alpha value is -2.93. The molecule has 0 unspecified atom stereocenters. The number of nitro benzene ring substituents is 1. The van der Waals surface area contributed by atoms with Crippen LogP contribution in [-0.4, -0.2) is 42.5 Å². The molecule has 1 amide bonds. The third-order valence-corrected chi connectivity index (χ3v) is 5.65. The normalized spacial score (nSPS) is 19.0. The maximum atomic E-state index is 12.5. The number of methoxy groups -OCH3 is 1. The molecule has 0 heterocycles. The van der Waals surface area contributed by atoms with Gasteiger partial charge in [-0.3, -0.25) is 19.8 Å². The molecule has 3 rings (SSSR count). The molecule has 1 N–H and O–H groups in total. The summed E-state index contributed by atoms with van der Waals surface area (Å²) in [5.74, 6) is 0.711. The van der Waals surface area contributed by atoms with Crippen LogP contribution in [0.25, 0.3) is 0 Å². The quantitative estimate of drug-likeness (QED) is 0.559. The third-order valence-electron chi connectivity index (χ3n) is 5.65. The molecule has 0 spiro atoms. The molecule has 1 fully saturated rings. The summed E-state index contributed by atoms with van der Waals surface area (Å²) in [5.41, 5.74) is 1.76. The average molecular weight is 397 g/mol. The van der Waals surface area contributed by atoms with Crippen LogP contribution in [0.3, 0.4) is 0 Å². The van der Waals surface area contributed by atoms with Gasteiger partial charge < -0.3 is 10.1 Å². The van der Waals surface area contributed by atoms with Gasteiger partial charge in [0.05, 0.1) is 30.3 Å². The van der Waals surface area contributed by atoms with Crippen molar-refractivity contribution in [2.24, 2.45) is 0 Å². The zero-order valence-electron chi connectivity index (χ0n) is 16.8. The summed E-state index contributed by atoms with van der Waals surface area (Å²) in [4.78, 5) is 25.0. The van der Waals surface area contributed by atoms with Crippen molar-refractivity contribution in [2.75, 3.05) is 26.0 Å². The Balaban J connectivity index is 1.53. The van der Waals surface area contributed by atoms with E-state index < -0.39 is 4.92 Å². The van der Waals surface area contributed by atoms with Gasteiger partial charge in [-0.15, -0.1) is 0 Å². The molecule has 0 atom stereocenters. The lowest BCUT2D eigenvalue weighted by atomic mass is 9.81. The first-order chi connectivity index (χ1) is 14.0. The van der Waals surface area contributed by atoms with Gasteiger partial charge in [0.2, 0.25) is 5.91 Å². The molecule has 0 aromatic heterocycles. The minimum absolute atomic E-state index is 0.0767. The highest BCUT2D eigenvalue weighted by Gasteiger charge is 2.26. The van der Waals surface area contributed by atoms with E-state index in [2.05, 4.69) is 34.5 Å². The first-order valence-corrected chi connectivity index (χ1v) is 9.85. The van der Waals surface area contributed by atoms with Crippen LogP contribution < -0.4 is 10.1 Å². The lowest BCUT2D eigenvalue weighted by Crippen LogP contribution is -2.39. The molecule has 0 bridgehead atoms. The number of anilines is 1. The number of non-ortho nitro benzene ring substituents is 1. The molecule has 1 aliphatic carbocycles. The van der Waals surface area contributed by atoms with Gasteiger partial charge in [-0.25, -0.2) is 0 Å².